The highest BCUT2D eigenvalue weighted by molar-refractivity contribution is 6.42. The van der Waals surface area contributed by atoms with Gasteiger partial charge in [0.2, 0.25) is 0 Å². The van der Waals surface area contributed by atoms with E-state index in [0.29, 0.717) is 18.7 Å². The van der Waals surface area contributed by atoms with Gasteiger partial charge in [-0.05, 0) is 13.8 Å². The first-order valence-corrected chi connectivity index (χ1v) is 8.53. The van der Waals surface area contributed by atoms with Gasteiger partial charge in [0.1, 0.15) is 0 Å². The van der Waals surface area contributed by atoms with Crippen LogP contribution in [0.5, 0.6) is 0 Å². The van der Waals surface area contributed by atoms with E-state index in [1.54, 1.807) is 11.1 Å². The maximum absolute atomic E-state index is 12.3. The number of nitrogens with zero attached hydrogens (tertiary/aromatic N) is 1. The number of rotatable bonds is 2. The van der Waals surface area contributed by atoms with E-state index in [9.17, 15) is 9.59 Å². The SMILES string of the molecule is C/C=c1/c(C(=O)C(=O)N2CCNCC2)c[nH]/c1=C/C.CC.CC. The normalized spacial score (nSPS) is 15.3. The molecule has 0 saturated carbocycles. The van der Waals surface area contributed by atoms with Crippen LogP contribution in [0.2, 0.25) is 0 Å². The summed E-state index contributed by atoms with van der Waals surface area (Å²) in [4.78, 5) is 29.1. The van der Waals surface area contributed by atoms with Crippen LogP contribution >= 0.6 is 0 Å². The number of piperazine rings is 1. The number of carbonyl (C=O) groups is 2. The highest BCUT2D eigenvalue weighted by Gasteiger charge is 2.25. The number of hydrogen-bond acceptors (Lipinski definition) is 3. The van der Waals surface area contributed by atoms with Crippen LogP contribution in [0.4, 0.5) is 0 Å². The summed E-state index contributed by atoms with van der Waals surface area (Å²) in [6.45, 7) is 14.4. The molecule has 0 atom stereocenters. The van der Waals surface area contributed by atoms with Gasteiger partial charge in [-0.15, -0.1) is 0 Å². The largest absolute Gasteiger partial charge is 0.361 e. The van der Waals surface area contributed by atoms with Crippen molar-refractivity contribution in [2.24, 2.45) is 0 Å². The first kappa shape index (κ1) is 21.1. The number of hydrogen-bond donors (Lipinski definition) is 2. The van der Waals surface area contributed by atoms with Crippen molar-refractivity contribution in [2.45, 2.75) is 41.5 Å². The molecule has 2 N–H and O–H groups in total. The van der Waals surface area contributed by atoms with E-state index in [0.717, 1.165) is 23.7 Å². The van der Waals surface area contributed by atoms with E-state index in [2.05, 4.69) is 10.3 Å². The molecule has 1 amide bonds. The first-order chi connectivity index (χ1) is 11.2. The van der Waals surface area contributed by atoms with Crippen LogP contribution in [0.1, 0.15) is 51.9 Å². The average molecular weight is 321 g/mol. The molecule has 0 aliphatic carbocycles. The summed E-state index contributed by atoms with van der Waals surface area (Å²) in [6, 6.07) is 0. The zero-order valence-corrected chi connectivity index (χ0v) is 15.3. The summed E-state index contributed by atoms with van der Waals surface area (Å²) >= 11 is 0. The fraction of sp³-hybridized carbons (Fsp3) is 0.556. The Hall–Kier alpha value is -1.88. The predicted molar refractivity (Wildman–Crippen MR) is 96.8 cm³/mol. The summed E-state index contributed by atoms with van der Waals surface area (Å²) in [5.74, 6) is -0.842. The molecule has 0 aromatic carbocycles. The lowest BCUT2D eigenvalue weighted by Gasteiger charge is -2.26. The van der Waals surface area contributed by atoms with Gasteiger partial charge < -0.3 is 15.2 Å². The van der Waals surface area contributed by atoms with E-state index in [-0.39, 0.29) is 0 Å². The molecule has 1 aliphatic rings. The quantitative estimate of drug-likeness (QED) is 0.637. The van der Waals surface area contributed by atoms with Crippen molar-refractivity contribution < 1.29 is 9.59 Å². The highest BCUT2D eigenvalue weighted by Crippen LogP contribution is 1.99. The molecule has 1 aromatic heterocycles. The molecule has 1 saturated heterocycles. The topological polar surface area (TPSA) is 65.2 Å². The van der Waals surface area contributed by atoms with Gasteiger partial charge in [0.25, 0.3) is 11.7 Å². The van der Waals surface area contributed by atoms with Gasteiger partial charge in [0.05, 0.1) is 5.56 Å². The molecule has 0 radical (unpaired) electrons. The maximum atomic E-state index is 12.3. The maximum Gasteiger partial charge on any atom is 0.295 e. The lowest BCUT2D eigenvalue weighted by molar-refractivity contribution is -0.127. The van der Waals surface area contributed by atoms with E-state index >= 15 is 0 Å². The van der Waals surface area contributed by atoms with Crippen LogP contribution in [0.3, 0.4) is 0 Å². The smallest absolute Gasteiger partial charge is 0.295 e. The molecule has 5 heteroatoms. The van der Waals surface area contributed by atoms with E-state index in [1.165, 1.54) is 0 Å². The van der Waals surface area contributed by atoms with Crippen molar-refractivity contribution in [3.63, 3.8) is 0 Å². The number of ketones is 1. The second kappa shape index (κ2) is 11.7. The Balaban J connectivity index is 0.00000112. The summed E-state index contributed by atoms with van der Waals surface area (Å²) in [7, 11) is 0. The second-order valence-corrected chi connectivity index (χ2v) is 4.48. The lowest BCUT2D eigenvalue weighted by atomic mass is 10.1. The summed E-state index contributed by atoms with van der Waals surface area (Å²) in [5.41, 5.74) is 0.458. The number of nitrogens with one attached hydrogen (secondary N) is 2. The number of aromatic nitrogens is 1. The minimum absolute atomic E-state index is 0.411. The minimum Gasteiger partial charge on any atom is -0.361 e. The molecule has 0 spiro atoms. The molecular formula is C18H31N3O2. The fourth-order valence-electron chi connectivity index (χ4n) is 2.31. The Morgan fingerprint density at radius 1 is 1.04 bits per heavy atom. The van der Waals surface area contributed by atoms with Crippen LogP contribution in [0.25, 0.3) is 12.2 Å². The zero-order valence-electron chi connectivity index (χ0n) is 15.3. The molecule has 0 bridgehead atoms. The molecule has 1 aromatic rings. The van der Waals surface area contributed by atoms with Crippen molar-refractivity contribution in [1.29, 1.82) is 0 Å². The number of aromatic amines is 1. The van der Waals surface area contributed by atoms with Crippen molar-refractivity contribution in [1.82, 2.24) is 15.2 Å². The van der Waals surface area contributed by atoms with Gasteiger partial charge in [-0.3, -0.25) is 9.59 Å². The van der Waals surface area contributed by atoms with Crippen LogP contribution in [0, 0.1) is 0 Å². The zero-order chi connectivity index (χ0) is 17.8. The number of amides is 1. The van der Waals surface area contributed by atoms with Crippen molar-refractivity contribution in [3.05, 3.63) is 22.3 Å². The highest BCUT2D eigenvalue weighted by atomic mass is 16.2. The Morgan fingerprint density at radius 3 is 2.09 bits per heavy atom. The summed E-state index contributed by atoms with van der Waals surface area (Å²) in [5, 5.41) is 4.84. The summed E-state index contributed by atoms with van der Waals surface area (Å²) < 4.78 is 0. The minimum atomic E-state index is -0.431. The number of Topliss-reactive ketones (excluding diaryl/α,β-unsaturated/α-hetero) is 1. The molecular weight excluding hydrogens is 290 g/mol. The number of H-pyrrole nitrogens is 1. The van der Waals surface area contributed by atoms with Gasteiger partial charge in [0, 0.05) is 42.9 Å². The Kier molecular flexibility index (Phi) is 10.7. The molecule has 130 valence electrons. The van der Waals surface area contributed by atoms with Gasteiger partial charge in [-0.25, -0.2) is 0 Å². The van der Waals surface area contributed by atoms with Crippen LogP contribution in [-0.4, -0.2) is 47.8 Å². The molecule has 1 aliphatic heterocycles. The third-order valence-electron chi connectivity index (χ3n) is 3.37. The third-order valence-corrected chi connectivity index (χ3v) is 3.37. The van der Waals surface area contributed by atoms with Crippen LogP contribution in [-0.2, 0) is 4.79 Å². The number of carbonyl (C=O) groups excluding carboxylic acids is 2. The van der Waals surface area contributed by atoms with Gasteiger partial charge in [0.15, 0.2) is 0 Å². The molecule has 2 heterocycles. The standard InChI is InChI=1S/C14H19N3O2.2C2H6/c1-3-10-11(9-16-12(10)4-2)13(18)14(19)17-7-5-15-6-8-17;2*1-2/h3-4,9,15-16H,5-8H2,1-2H3;2*1-2H3/b10-3-,12-4+;;. The third kappa shape index (κ3) is 5.36. The van der Waals surface area contributed by atoms with E-state index < -0.39 is 11.7 Å². The molecule has 1 fully saturated rings. The van der Waals surface area contributed by atoms with Gasteiger partial charge in [-0.1, -0.05) is 39.8 Å². The van der Waals surface area contributed by atoms with Crippen molar-refractivity contribution in [2.75, 3.05) is 26.2 Å². The monoisotopic (exact) mass is 321 g/mol. The lowest BCUT2D eigenvalue weighted by Crippen LogP contribution is -2.49. The molecule has 23 heavy (non-hydrogen) atoms. The Bertz CT molecular complexity index is 596. The van der Waals surface area contributed by atoms with Gasteiger partial charge in [-0.2, -0.15) is 0 Å². The van der Waals surface area contributed by atoms with Crippen molar-refractivity contribution in [3.8, 4) is 0 Å². The van der Waals surface area contributed by atoms with Crippen molar-refractivity contribution >= 4 is 23.8 Å². The van der Waals surface area contributed by atoms with Crippen LogP contribution in [0.15, 0.2) is 6.20 Å². The molecule has 0 unspecified atom stereocenters. The Labute approximate surface area is 139 Å². The molecule has 2 rings (SSSR count). The van der Waals surface area contributed by atoms with Gasteiger partial charge >= 0.3 is 0 Å². The second-order valence-electron chi connectivity index (χ2n) is 4.48. The summed E-state index contributed by atoms with van der Waals surface area (Å²) in [6.07, 6.45) is 5.36. The van der Waals surface area contributed by atoms with E-state index in [1.807, 2.05) is 53.7 Å². The molecule has 5 nitrogen and oxygen atoms in total. The predicted octanol–water partition coefficient (Wildman–Crippen LogP) is 1.28. The van der Waals surface area contributed by atoms with E-state index in [4.69, 9.17) is 0 Å². The fourth-order valence-corrected chi connectivity index (χ4v) is 2.31. The first-order valence-electron chi connectivity index (χ1n) is 8.53. The Morgan fingerprint density at radius 2 is 1.61 bits per heavy atom. The average Bonchev–Trinajstić information content (AvgIpc) is 3.07. The van der Waals surface area contributed by atoms with Crippen LogP contribution < -0.4 is 15.9 Å².